The summed E-state index contributed by atoms with van der Waals surface area (Å²) in [5.74, 6) is -0.590. The van der Waals surface area contributed by atoms with Crippen LogP contribution >= 0.6 is 7.26 Å². The Balaban J connectivity index is 1.20. The molecule has 0 spiro atoms. The number of esters is 1. The normalized spacial score (nSPS) is 11.8. The highest BCUT2D eigenvalue weighted by atomic mass is 31.2. The first-order valence-corrected chi connectivity index (χ1v) is 18.3. The summed E-state index contributed by atoms with van der Waals surface area (Å²) in [5.41, 5.74) is 0.854. The zero-order valence-corrected chi connectivity index (χ0v) is 28.5. The number of aryl methyl sites for hydroxylation is 1. The van der Waals surface area contributed by atoms with Gasteiger partial charge in [-0.15, -0.1) is 0 Å². The highest BCUT2D eigenvalue weighted by Gasteiger charge is 2.44. The van der Waals surface area contributed by atoms with E-state index in [4.69, 9.17) is 9.15 Å². The van der Waals surface area contributed by atoms with Crippen LogP contribution in [-0.2, 0) is 11.2 Å². The Hall–Kier alpha value is -4.99. The zero-order chi connectivity index (χ0) is 33.7. The zero-order valence-electron chi connectivity index (χ0n) is 27.6. The molecule has 1 heterocycles. The highest BCUT2D eigenvalue weighted by molar-refractivity contribution is 7.95. The summed E-state index contributed by atoms with van der Waals surface area (Å²) in [6, 6.07) is 45.3. The van der Waals surface area contributed by atoms with E-state index in [2.05, 4.69) is 103 Å². The van der Waals surface area contributed by atoms with Crippen molar-refractivity contribution < 1.29 is 19.1 Å². The van der Waals surface area contributed by atoms with E-state index in [-0.39, 0.29) is 27.9 Å². The minimum absolute atomic E-state index is 0.0112. The van der Waals surface area contributed by atoms with Crippen molar-refractivity contribution in [1.29, 1.82) is 0 Å². The van der Waals surface area contributed by atoms with E-state index in [1.54, 1.807) is 20.8 Å². The lowest BCUT2D eigenvalue weighted by atomic mass is 9.97. The maximum Gasteiger partial charge on any atom is 0.316 e. The van der Waals surface area contributed by atoms with Gasteiger partial charge < -0.3 is 14.3 Å². The van der Waals surface area contributed by atoms with Gasteiger partial charge in [-0.05, 0) is 94.1 Å². The van der Waals surface area contributed by atoms with Crippen molar-refractivity contribution in [3.05, 3.63) is 149 Å². The van der Waals surface area contributed by atoms with E-state index < -0.39 is 18.6 Å². The molecule has 0 unspecified atom stereocenters. The number of fused-ring (bicyclic) bond motifs is 1. The molecule has 5 nitrogen and oxygen atoms in total. The molecule has 5 aromatic carbocycles. The standard InChI is InChI=1S/C42H39O5P/c1-42(2,3)41(45)47-37-27-26-35-36(43)29-38(46-40(35)39(37)44)31-24-22-30(23-25-31)15-13-14-28-48(32-16-7-4-8-17-32,33-18-9-5-10-19-33)34-20-11-6-12-21-34/h4-12,16-27,29H,13-15,28H2,1-3H3/p+1. The smallest absolute Gasteiger partial charge is 0.316 e. The third-order valence-electron chi connectivity index (χ3n) is 8.69. The molecule has 1 aromatic heterocycles. The van der Waals surface area contributed by atoms with E-state index in [1.807, 2.05) is 12.1 Å². The number of phenolic OH excluding ortho intramolecular Hbond substituents is 1. The van der Waals surface area contributed by atoms with Crippen LogP contribution in [0.2, 0.25) is 0 Å². The highest BCUT2D eigenvalue weighted by Crippen LogP contribution is 2.56. The van der Waals surface area contributed by atoms with Crippen LogP contribution < -0.4 is 26.1 Å². The first-order valence-electron chi connectivity index (χ1n) is 16.3. The summed E-state index contributed by atoms with van der Waals surface area (Å²) >= 11 is 0. The average Bonchev–Trinajstić information content (AvgIpc) is 3.11. The van der Waals surface area contributed by atoms with E-state index >= 15 is 0 Å². The predicted molar refractivity (Wildman–Crippen MR) is 198 cm³/mol. The molecule has 0 atom stereocenters. The van der Waals surface area contributed by atoms with E-state index in [9.17, 15) is 14.7 Å². The Labute approximate surface area is 282 Å². The molecule has 0 aliphatic rings. The molecule has 0 aliphatic carbocycles. The van der Waals surface area contributed by atoms with Gasteiger partial charge in [0.2, 0.25) is 5.75 Å². The fourth-order valence-corrected chi connectivity index (χ4v) is 10.5. The molecule has 0 bridgehead atoms. The Morgan fingerprint density at radius 2 is 1.27 bits per heavy atom. The van der Waals surface area contributed by atoms with Gasteiger partial charge in [0.05, 0.1) is 17.0 Å². The Morgan fingerprint density at radius 3 is 1.79 bits per heavy atom. The summed E-state index contributed by atoms with van der Waals surface area (Å²) in [6.45, 7) is 5.18. The minimum Gasteiger partial charge on any atom is -0.502 e. The number of hydrogen-bond donors (Lipinski definition) is 1. The molecule has 1 N–H and O–H groups in total. The van der Waals surface area contributed by atoms with Gasteiger partial charge >= 0.3 is 5.97 Å². The first-order chi connectivity index (χ1) is 23.2. The van der Waals surface area contributed by atoms with Crippen LogP contribution in [0.1, 0.15) is 39.2 Å². The van der Waals surface area contributed by atoms with Crippen LogP contribution in [0.25, 0.3) is 22.3 Å². The lowest BCUT2D eigenvalue weighted by Gasteiger charge is -2.27. The van der Waals surface area contributed by atoms with Crippen LogP contribution in [0.4, 0.5) is 0 Å². The summed E-state index contributed by atoms with van der Waals surface area (Å²) in [4.78, 5) is 25.4. The number of phenols is 1. The molecule has 0 saturated carbocycles. The van der Waals surface area contributed by atoms with Gasteiger partial charge in [0.1, 0.15) is 28.9 Å². The van der Waals surface area contributed by atoms with E-state index in [0.717, 1.165) is 31.0 Å². The fraction of sp³-hybridized carbons (Fsp3) is 0.190. The lowest BCUT2D eigenvalue weighted by molar-refractivity contribution is -0.143. The lowest BCUT2D eigenvalue weighted by Crippen LogP contribution is -2.33. The van der Waals surface area contributed by atoms with E-state index in [1.165, 1.54) is 39.7 Å². The van der Waals surface area contributed by atoms with Gasteiger partial charge in [0, 0.05) is 11.6 Å². The number of benzene rings is 5. The van der Waals surface area contributed by atoms with Crippen LogP contribution in [0, 0.1) is 5.41 Å². The Kier molecular flexibility index (Phi) is 9.61. The van der Waals surface area contributed by atoms with Gasteiger partial charge in [-0.3, -0.25) is 9.59 Å². The van der Waals surface area contributed by atoms with Gasteiger partial charge in [-0.25, -0.2) is 0 Å². The topological polar surface area (TPSA) is 76.7 Å². The molecule has 0 aliphatic heterocycles. The van der Waals surface area contributed by atoms with Gasteiger partial charge in [0.15, 0.2) is 16.8 Å². The minimum atomic E-state index is -1.86. The molecular formula is C42H40O5P+. The second kappa shape index (κ2) is 14.0. The molecule has 0 fully saturated rings. The number of carbonyl (C=O) groups excluding carboxylic acids is 1. The second-order valence-corrected chi connectivity index (χ2v) is 16.7. The van der Waals surface area contributed by atoms with Crippen LogP contribution in [0.3, 0.4) is 0 Å². The molecule has 0 saturated heterocycles. The summed E-state index contributed by atoms with van der Waals surface area (Å²) in [7, 11) is -1.86. The van der Waals surface area contributed by atoms with Crippen molar-refractivity contribution >= 4 is 40.1 Å². The first kappa shape index (κ1) is 32.9. The van der Waals surface area contributed by atoms with Crippen molar-refractivity contribution in [2.45, 2.75) is 40.0 Å². The predicted octanol–water partition coefficient (Wildman–Crippen LogP) is 8.43. The number of unbranched alkanes of at least 4 members (excludes halogenated alkanes) is 1. The maximum absolute atomic E-state index is 13.0. The molecule has 6 heteroatoms. The molecule has 48 heavy (non-hydrogen) atoms. The molecule has 0 radical (unpaired) electrons. The van der Waals surface area contributed by atoms with Crippen LogP contribution in [0.5, 0.6) is 11.5 Å². The average molecular weight is 656 g/mol. The fourth-order valence-electron chi connectivity index (χ4n) is 6.06. The largest absolute Gasteiger partial charge is 0.502 e. The second-order valence-electron chi connectivity index (χ2n) is 13.1. The Morgan fingerprint density at radius 1 is 0.729 bits per heavy atom. The van der Waals surface area contributed by atoms with Gasteiger partial charge in [0.25, 0.3) is 0 Å². The number of carbonyl (C=O) groups is 1. The van der Waals surface area contributed by atoms with Crippen LogP contribution in [0.15, 0.2) is 143 Å². The molecule has 6 aromatic rings. The van der Waals surface area contributed by atoms with E-state index in [0.29, 0.717) is 5.76 Å². The number of hydrogen-bond acceptors (Lipinski definition) is 5. The van der Waals surface area contributed by atoms with Crippen molar-refractivity contribution in [1.82, 2.24) is 0 Å². The Bertz CT molecular complexity index is 1970. The number of rotatable bonds is 10. The summed E-state index contributed by atoms with van der Waals surface area (Å²) < 4.78 is 11.4. The van der Waals surface area contributed by atoms with Gasteiger partial charge in [-0.1, -0.05) is 78.9 Å². The van der Waals surface area contributed by atoms with Crippen LogP contribution in [-0.4, -0.2) is 17.2 Å². The third kappa shape index (κ3) is 6.83. The van der Waals surface area contributed by atoms with Crippen molar-refractivity contribution in [3.8, 4) is 22.8 Å². The SMILES string of the molecule is CC(C)(C)C(=O)Oc1ccc2c(=O)cc(-c3ccc(CCCC[P+](c4ccccc4)(c4ccccc4)c4ccccc4)cc3)oc2c1O. The van der Waals surface area contributed by atoms with Crippen molar-refractivity contribution in [2.75, 3.05) is 6.16 Å². The van der Waals surface area contributed by atoms with Crippen molar-refractivity contribution in [3.63, 3.8) is 0 Å². The molecule has 242 valence electrons. The third-order valence-corrected chi connectivity index (χ3v) is 13.2. The molecular weight excluding hydrogens is 615 g/mol. The van der Waals surface area contributed by atoms with Gasteiger partial charge in [-0.2, -0.15) is 0 Å². The number of aromatic hydroxyl groups is 1. The van der Waals surface area contributed by atoms with Crippen molar-refractivity contribution in [2.24, 2.45) is 5.41 Å². The number of ether oxygens (including phenoxy) is 1. The molecule has 0 amide bonds. The maximum atomic E-state index is 13.0. The quantitative estimate of drug-likeness (QED) is 0.0694. The molecule has 6 rings (SSSR count). The summed E-state index contributed by atoms with van der Waals surface area (Å²) in [5, 5.41) is 15.3. The summed E-state index contributed by atoms with van der Waals surface area (Å²) in [6.07, 6.45) is 4.09. The monoisotopic (exact) mass is 655 g/mol.